The summed E-state index contributed by atoms with van der Waals surface area (Å²) in [4.78, 5) is 31.1. The predicted molar refractivity (Wildman–Crippen MR) is 120 cm³/mol. The fraction of sp³-hybridized carbons (Fsp3) is 0.375. The SMILES string of the molecule is CC1CCC(CC(C)C(=O)Nc2ccc3nc(-c4ccc(NC=O)cc4)[nH]c3c2)C1. The summed E-state index contributed by atoms with van der Waals surface area (Å²) >= 11 is 0. The topological polar surface area (TPSA) is 86.9 Å². The minimum Gasteiger partial charge on any atom is -0.338 e. The third-order valence-electron chi connectivity index (χ3n) is 6.07. The van der Waals surface area contributed by atoms with Crippen LogP contribution in [0.3, 0.4) is 0 Å². The molecule has 1 fully saturated rings. The Morgan fingerprint density at radius 2 is 1.97 bits per heavy atom. The lowest BCUT2D eigenvalue weighted by atomic mass is 9.93. The van der Waals surface area contributed by atoms with Gasteiger partial charge in [-0.3, -0.25) is 9.59 Å². The monoisotopic (exact) mass is 404 g/mol. The summed E-state index contributed by atoms with van der Waals surface area (Å²) < 4.78 is 0. The van der Waals surface area contributed by atoms with Gasteiger partial charge in [0.2, 0.25) is 12.3 Å². The molecule has 3 aromatic rings. The van der Waals surface area contributed by atoms with Crippen molar-refractivity contribution in [1.29, 1.82) is 0 Å². The first-order valence-electron chi connectivity index (χ1n) is 10.6. The summed E-state index contributed by atoms with van der Waals surface area (Å²) in [7, 11) is 0. The van der Waals surface area contributed by atoms with Gasteiger partial charge in [-0.15, -0.1) is 0 Å². The van der Waals surface area contributed by atoms with Crippen molar-refractivity contribution in [1.82, 2.24) is 9.97 Å². The number of nitrogens with one attached hydrogen (secondary N) is 3. The molecular weight excluding hydrogens is 376 g/mol. The van der Waals surface area contributed by atoms with Crippen molar-refractivity contribution >= 4 is 34.7 Å². The Labute approximate surface area is 176 Å². The molecule has 0 radical (unpaired) electrons. The highest BCUT2D eigenvalue weighted by atomic mass is 16.1. The van der Waals surface area contributed by atoms with Gasteiger partial charge in [-0.05, 0) is 67.1 Å². The zero-order valence-electron chi connectivity index (χ0n) is 17.4. The molecule has 1 heterocycles. The van der Waals surface area contributed by atoms with Crippen molar-refractivity contribution in [3.05, 3.63) is 42.5 Å². The Morgan fingerprint density at radius 3 is 2.67 bits per heavy atom. The van der Waals surface area contributed by atoms with Gasteiger partial charge in [0.1, 0.15) is 5.82 Å². The molecule has 6 nitrogen and oxygen atoms in total. The third-order valence-corrected chi connectivity index (χ3v) is 6.07. The average Bonchev–Trinajstić information content (AvgIpc) is 3.34. The lowest BCUT2D eigenvalue weighted by molar-refractivity contribution is -0.119. The zero-order valence-corrected chi connectivity index (χ0v) is 17.4. The number of carbonyl (C=O) groups is 2. The molecule has 0 saturated heterocycles. The quantitative estimate of drug-likeness (QED) is 0.473. The van der Waals surface area contributed by atoms with Gasteiger partial charge in [-0.1, -0.05) is 26.7 Å². The zero-order chi connectivity index (χ0) is 21.1. The number of aromatic amines is 1. The number of aromatic nitrogens is 2. The van der Waals surface area contributed by atoms with Crippen molar-refractivity contribution in [3.8, 4) is 11.4 Å². The van der Waals surface area contributed by atoms with Crippen LogP contribution in [0.2, 0.25) is 0 Å². The normalized spacial score (nSPS) is 19.5. The smallest absolute Gasteiger partial charge is 0.227 e. The predicted octanol–water partition coefficient (Wildman–Crippen LogP) is 5.20. The van der Waals surface area contributed by atoms with E-state index in [2.05, 4.69) is 27.5 Å². The molecule has 4 rings (SSSR count). The Bertz CT molecular complexity index is 1040. The van der Waals surface area contributed by atoms with E-state index in [-0.39, 0.29) is 11.8 Å². The first-order chi connectivity index (χ1) is 14.5. The van der Waals surface area contributed by atoms with Crippen molar-refractivity contribution in [2.75, 3.05) is 10.6 Å². The van der Waals surface area contributed by atoms with E-state index in [0.717, 1.165) is 46.1 Å². The van der Waals surface area contributed by atoms with E-state index in [1.807, 2.05) is 49.4 Å². The van der Waals surface area contributed by atoms with Gasteiger partial charge in [0.25, 0.3) is 0 Å². The molecule has 0 spiro atoms. The van der Waals surface area contributed by atoms with Crippen LogP contribution in [0, 0.1) is 17.8 Å². The number of amides is 2. The number of benzene rings is 2. The number of hydrogen-bond donors (Lipinski definition) is 3. The molecule has 1 aliphatic rings. The second kappa shape index (κ2) is 8.69. The molecule has 1 aliphatic carbocycles. The van der Waals surface area contributed by atoms with Gasteiger partial charge in [-0.25, -0.2) is 4.98 Å². The highest BCUT2D eigenvalue weighted by Crippen LogP contribution is 2.34. The Balaban J connectivity index is 1.44. The van der Waals surface area contributed by atoms with Crippen LogP contribution in [0.1, 0.15) is 39.5 Å². The van der Waals surface area contributed by atoms with Crippen LogP contribution in [0.25, 0.3) is 22.4 Å². The largest absolute Gasteiger partial charge is 0.338 e. The number of hydrogen-bond acceptors (Lipinski definition) is 3. The minimum atomic E-state index is 0.00631. The van der Waals surface area contributed by atoms with E-state index in [4.69, 9.17) is 0 Å². The number of imidazole rings is 1. The van der Waals surface area contributed by atoms with Gasteiger partial charge in [0.15, 0.2) is 0 Å². The van der Waals surface area contributed by atoms with E-state index in [9.17, 15) is 9.59 Å². The summed E-state index contributed by atoms with van der Waals surface area (Å²) in [6, 6.07) is 13.2. The maximum absolute atomic E-state index is 12.7. The van der Waals surface area contributed by atoms with Crippen molar-refractivity contribution in [3.63, 3.8) is 0 Å². The highest BCUT2D eigenvalue weighted by Gasteiger charge is 2.25. The van der Waals surface area contributed by atoms with Crippen molar-refractivity contribution in [2.24, 2.45) is 17.8 Å². The van der Waals surface area contributed by atoms with Crippen LogP contribution in [0.4, 0.5) is 11.4 Å². The fourth-order valence-corrected chi connectivity index (χ4v) is 4.43. The van der Waals surface area contributed by atoms with Crippen LogP contribution in [0.5, 0.6) is 0 Å². The minimum absolute atomic E-state index is 0.00631. The third kappa shape index (κ3) is 4.53. The molecule has 3 N–H and O–H groups in total. The lowest BCUT2D eigenvalue weighted by Crippen LogP contribution is -2.22. The molecular formula is C24H28N4O2. The first kappa shape index (κ1) is 20.1. The summed E-state index contributed by atoms with van der Waals surface area (Å²) in [5.74, 6) is 2.29. The lowest BCUT2D eigenvalue weighted by Gasteiger charge is -2.16. The van der Waals surface area contributed by atoms with Gasteiger partial charge in [0.05, 0.1) is 11.0 Å². The molecule has 156 valence electrons. The maximum Gasteiger partial charge on any atom is 0.227 e. The Hall–Kier alpha value is -3.15. The summed E-state index contributed by atoms with van der Waals surface area (Å²) in [5, 5.41) is 5.68. The fourth-order valence-electron chi connectivity index (χ4n) is 4.43. The number of H-pyrrole nitrogens is 1. The standard InChI is InChI=1S/C24H28N4O2/c1-15-3-4-17(11-15)12-16(2)24(30)26-20-9-10-21-22(13-20)28-23(27-21)18-5-7-19(8-6-18)25-14-29/h5-10,13-17H,3-4,11-12H2,1-2H3,(H,25,29)(H,26,30)(H,27,28). The van der Waals surface area contributed by atoms with E-state index in [0.29, 0.717) is 12.3 Å². The molecule has 3 unspecified atom stereocenters. The Morgan fingerprint density at radius 1 is 1.20 bits per heavy atom. The maximum atomic E-state index is 12.7. The second-order valence-electron chi connectivity index (χ2n) is 8.57. The van der Waals surface area contributed by atoms with Crippen LogP contribution >= 0.6 is 0 Å². The van der Waals surface area contributed by atoms with Gasteiger partial charge >= 0.3 is 0 Å². The van der Waals surface area contributed by atoms with E-state index in [1.165, 1.54) is 19.3 Å². The average molecular weight is 405 g/mol. The number of anilines is 2. The molecule has 6 heteroatoms. The van der Waals surface area contributed by atoms with Crippen LogP contribution in [0.15, 0.2) is 42.5 Å². The molecule has 2 amide bonds. The van der Waals surface area contributed by atoms with E-state index < -0.39 is 0 Å². The van der Waals surface area contributed by atoms with E-state index >= 15 is 0 Å². The van der Waals surface area contributed by atoms with Gasteiger partial charge in [0, 0.05) is 22.9 Å². The number of rotatable bonds is 7. The molecule has 1 saturated carbocycles. The van der Waals surface area contributed by atoms with Gasteiger partial charge < -0.3 is 15.6 Å². The Kier molecular flexibility index (Phi) is 5.84. The second-order valence-corrected chi connectivity index (χ2v) is 8.57. The van der Waals surface area contributed by atoms with Crippen LogP contribution in [-0.2, 0) is 9.59 Å². The molecule has 2 aromatic carbocycles. The molecule has 0 bridgehead atoms. The van der Waals surface area contributed by atoms with E-state index in [1.54, 1.807) is 0 Å². The summed E-state index contributed by atoms with van der Waals surface area (Å²) in [6.45, 7) is 4.32. The molecule has 3 atom stereocenters. The molecule has 0 aliphatic heterocycles. The number of carbonyl (C=O) groups excluding carboxylic acids is 2. The highest BCUT2D eigenvalue weighted by molar-refractivity contribution is 5.94. The van der Waals surface area contributed by atoms with Gasteiger partial charge in [-0.2, -0.15) is 0 Å². The van der Waals surface area contributed by atoms with Crippen LogP contribution in [-0.4, -0.2) is 22.3 Å². The van der Waals surface area contributed by atoms with Crippen molar-refractivity contribution in [2.45, 2.75) is 39.5 Å². The summed E-state index contributed by atoms with van der Waals surface area (Å²) in [5.41, 5.74) is 4.14. The first-order valence-corrected chi connectivity index (χ1v) is 10.6. The number of nitrogens with zero attached hydrogens (tertiary/aromatic N) is 1. The number of fused-ring (bicyclic) bond motifs is 1. The molecule has 30 heavy (non-hydrogen) atoms. The van der Waals surface area contributed by atoms with Crippen molar-refractivity contribution < 1.29 is 9.59 Å². The summed E-state index contributed by atoms with van der Waals surface area (Å²) in [6.07, 6.45) is 5.39. The van der Waals surface area contributed by atoms with Crippen LogP contribution < -0.4 is 10.6 Å². The molecule has 1 aromatic heterocycles.